The number of amides is 3. The predicted octanol–water partition coefficient (Wildman–Crippen LogP) is 1.56. The number of likely N-dealkylation sites (tertiary alicyclic amines) is 1. The van der Waals surface area contributed by atoms with Gasteiger partial charge < -0.3 is 20.2 Å². The minimum atomic E-state index is -0.894. The van der Waals surface area contributed by atoms with Gasteiger partial charge in [-0.1, -0.05) is 17.7 Å². The lowest BCUT2D eigenvalue weighted by Crippen LogP contribution is -2.47. The molecular formula is C16H18ClN3O4. The molecule has 2 fully saturated rings. The number of hydrogen-bond donors (Lipinski definition) is 2. The van der Waals surface area contributed by atoms with Crippen molar-refractivity contribution in [3.8, 4) is 0 Å². The first kappa shape index (κ1) is 16.6. The van der Waals surface area contributed by atoms with E-state index >= 15 is 0 Å². The normalized spacial score (nSPS) is 23.6. The van der Waals surface area contributed by atoms with Crippen molar-refractivity contribution in [3.05, 3.63) is 29.3 Å². The molecule has 0 aliphatic carbocycles. The Balaban J connectivity index is 1.60. The first-order chi connectivity index (χ1) is 11.5. The fraction of sp³-hybridized carbons (Fsp3) is 0.438. The van der Waals surface area contributed by atoms with Gasteiger partial charge in [0.25, 0.3) is 0 Å². The van der Waals surface area contributed by atoms with Crippen LogP contribution < -0.4 is 10.2 Å². The lowest BCUT2D eigenvalue weighted by molar-refractivity contribution is -0.141. The maximum atomic E-state index is 12.5. The van der Waals surface area contributed by atoms with Gasteiger partial charge in [-0.15, -0.1) is 0 Å². The Morgan fingerprint density at radius 3 is 2.71 bits per heavy atom. The zero-order valence-corrected chi connectivity index (χ0v) is 13.7. The Morgan fingerprint density at radius 2 is 2.04 bits per heavy atom. The molecule has 1 aromatic carbocycles. The SMILES string of the molecule is O=C(O)C1CCN(C(=O)NC2CCN(c3cccc(Cl)c3)C2=O)C1. The number of carboxylic acid groups (broad SMARTS) is 1. The van der Waals surface area contributed by atoms with E-state index in [0.717, 1.165) is 0 Å². The van der Waals surface area contributed by atoms with Gasteiger partial charge in [-0.25, -0.2) is 4.79 Å². The Hall–Kier alpha value is -2.28. The molecule has 128 valence electrons. The summed E-state index contributed by atoms with van der Waals surface area (Å²) in [6.45, 7) is 1.07. The van der Waals surface area contributed by atoms with Gasteiger partial charge in [0.05, 0.1) is 5.92 Å². The summed E-state index contributed by atoms with van der Waals surface area (Å²) in [5, 5.41) is 12.3. The van der Waals surface area contributed by atoms with E-state index in [1.54, 1.807) is 29.2 Å². The standard InChI is InChI=1S/C16H18ClN3O4/c17-11-2-1-3-12(8-11)20-7-5-13(14(20)21)18-16(24)19-6-4-10(9-19)15(22)23/h1-3,8,10,13H,4-7,9H2,(H,18,24)(H,22,23). The number of rotatable bonds is 3. The van der Waals surface area contributed by atoms with Gasteiger partial charge in [0.15, 0.2) is 0 Å². The molecule has 0 saturated carbocycles. The third kappa shape index (κ3) is 3.31. The molecule has 2 aliphatic heterocycles. The second-order valence-electron chi connectivity index (χ2n) is 6.03. The fourth-order valence-corrected chi connectivity index (χ4v) is 3.29. The lowest BCUT2D eigenvalue weighted by Gasteiger charge is -2.20. The second kappa shape index (κ2) is 6.68. The van der Waals surface area contributed by atoms with Crippen molar-refractivity contribution in [1.29, 1.82) is 0 Å². The number of anilines is 1. The van der Waals surface area contributed by atoms with E-state index < -0.39 is 17.9 Å². The number of nitrogens with one attached hydrogen (secondary N) is 1. The third-order valence-corrected chi connectivity index (χ3v) is 4.68. The molecule has 0 spiro atoms. The van der Waals surface area contributed by atoms with Gasteiger partial charge in [0.2, 0.25) is 5.91 Å². The highest BCUT2D eigenvalue weighted by atomic mass is 35.5. The van der Waals surface area contributed by atoms with Crippen LogP contribution >= 0.6 is 11.6 Å². The first-order valence-electron chi connectivity index (χ1n) is 7.81. The monoisotopic (exact) mass is 351 g/mol. The molecule has 8 heteroatoms. The zero-order valence-electron chi connectivity index (χ0n) is 12.9. The maximum absolute atomic E-state index is 12.5. The highest BCUT2D eigenvalue weighted by Gasteiger charge is 2.36. The molecule has 2 saturated heterocycles. The highest BCUT2D eigenvalue weighted by Crippen LogP contribution is 2.25. The van der Waals surface area contributed by atoms with E-state index in [1.807, 2.05) is 0 Å². The number of benzene rings is 1. The number of halogens is 1. The molecule has 7 nitrogen and oxygen atoms in total. The zero-order chi connectivity index (χ0) is 17.3. The van der Waals surface area contributed by atoms with Crippen molar-refractivity contribution >= 4 is 35.2 Å². The van der Waals surface area contributed by atoms with Crippen LogP contribution in [-0.4, -0.2) is 53.6 Å². The summed E-state index contributed by atoms with van der Waals surface area (Å²) in [6.07, 6.45) is 0.948. The van der Waals surface area contributed by atoms with Crippen LogP contribution in [0.4, 0.5) is 10.5 Å². The number of hydrogen-bond acceptors (Lipinski definition) is 3. The minimum Gasteiger partial charge on any atom is -0.481 e. The van der Waals surface area contributed by atoms with Gasteiger partial charge in [0.1, 0.15) is 6.04 Å². The lowest BCUT2D eigenvalue weighted by atomic mass is 10.1. The molecule has 2 N–H and O–H groups in total. The highest BCUT2D eigenvalue weighted by molar-refractivity contribution is 6.31. The summed E-state index contributed by atoms with van der Waals surface area (Å²) in [6, 6.07) is 6.03. The van der Waals surface area contributed by atoms with Gasteiger partial charge in [0, 0.05) is 30.3 Å². The summed E-state index contributed by atoms with van der Waals surface area (Å²) >= 11 is 5.95. The number of aliphatic carboxylic acids is 1. The van der Waals surface area contributed by atoms with Crippen LogP contribution in [0, 0.1) is 5.92 Å². The van der Waals surface area contributed by atoms with E-state index in [4.69, 9.17) is 16.7 Å². The molecule has 0 radical (unpaired) electrons. The van der Waals surface area contributed by atoms with Crippen LogP contribution in [-0.2, 0) is 9.59 Å². The van der Waals surface area contributed by atoms with Crippen molar-refractivity contribution < 1.29 is 19.5 Å². The molecule has 24 heavy (non-hydrogen) atoms. The van der Waals surface area contributed by atoms with Gasteiger partial charge in [-0.05, 0) is 31.0 Å². The molecule has 3 amide bonds. The number of carboxylic acids is 1. The van der Waals surface area contributed by atoms with Crippen LogP contribution in [0.3, 0.4) is 0 Å². The Bertz CT molecular complexity index is 681. The molecule has 0 bridgehead atoms. The quantitative estimate of drug-likeness (QED) is 0.864. The van der Waals surface area contributed by atoms with Crippen molar-refractivity contribution in [2.24, 2.45) is 5.92 Å². The minimum absolute atomic E-state index is 0.181. The Morgan fingerprint density at radius 1 is 1.25 bits per heavy atom. The Kier molecular flexibility index (Phi) is 4.62. The molecule has 2 aliphatic rings. The molecular weight excluding hydrogens is 334 g/mol. The van der Waals surface area contributed by atoms with Crippen LogP contribution in [0.2, 0.25) is 5.02 Å². The van der Waals surface area contributed by atoms with E-state index in [-0.39, 0.29) is 18.5 Å². The average molecular weight is 352 g/mol. The van der Waals surface area contributed by atoms with Crippen LogP contribution in [0.15, 0.2) is 24.3 Å². The van der Waals surface area contributed by atoms with Crippen molar-refractivity contribution in [2.45, 2.75) is 18.9 Å². The summed E-state index contributed by atoms with van der Waals surface area (Å²) in [5.41, 5.74) is 0.705. The predicted molar refractivity (Wildman–Crippen MR) is 88.1 cm³/mol. The molecule has 2 unspecified atom stereocenters. The molecule has 3 rings (SSSR count). The van der Waals surface area contributed by atoms with E-state index in [1.165, 1.54) is 4.90 Å². The fourth-order valence-electron chi connectivity index (χ4n) is 3.10. The van der Waals surface area contributed by atoms with E-state index in [9.17, 15) is 14.4 Å². The van der Waals surface area contributed by atoms with Gasteiger partial charge in [-0.3, -0.25) is 9.59 Å². The number of nitrogens with zero attached hydrogens (tertiary/aromatic N) is 2. The van der Waals surface area contributed by atoms with Gasteiger partial charge in [-0.2, -0.15) is 0 Å². The van der Waals surface area contributed by atoms with E-state index in [2.05, 4.69) is 5.32 Å². The maximum Gasteiger partial charge on any atom is 0.318 e. The van der Waals surface area contributed by atoms with Crippen LogP contribution in [0.5, 0.6) is 0 Å². The van der Waals surface area contributed by atoms with Crippen LogP contribution in [0.1, 0.15) is 12.8 Å². The topological polar surface area (TPSA) is 89.9 Å². The number of urea groups is 1. The summed E-state index contributed by atoms with van der Waals surface area (Å²) in [5.74, 6) is -1.60. The number of carbonyl (C=O) groups is 3. The number of carbonyl (C=O) groups excluding carboxylic acids is 2. The third-order valence-electron chi connectivity index (χ3n) is 4.45. The molecule has 2 atom stereocenters. The summed E-state index contributed by atoms with van der Waals surface area (Å²) < 4.78 is 0. The Labute approximate surface area is 144 Å². The van der Waals surface area contributed by atoms with Crippen molar-refractivity contribution in [3.63, 3.8) is 0 Å². The smallest absolute Gasteiger partial charge is 0.318 e. The average Bonchev–Trinajstić information content (AvgIpc) is 3.15. The molecule has 1 aromatic rings. The van der Waals surface area contributed by atoms with Gasteiger partial charge >= 0.3 is 12.0 Å². The van der Waals surface area contributed by atoms with Crippen molar-refractivity contribution in [1.82, 2.24) is 10.2 Å². The second-order valence-corrected chi connectivity index (χ2v) is 6.47. The van der Waals surface area contributed by atoms with Crippen molar-refractivity contribution in [2.75, 3.05) is 24.5 Å². The van der Waals surface area contributed by atoms with Crippen LogP contribution in [0.25, 0.3) is 0 Å². The summed E-state index contributed by atoms with van der Waals surface area (Å²) in [4.78, 5) is 38.8. The molecule has 0 aromatic heterocycles. The largest absolute Gasteiger partial charge is 0.481 e. The summed E-state index contributed by atoms with van der Waals surface area (Å²) in [7, 11) is 0. The first-order valence-corrected chi connectivity index (χ1v) is 8.18. The molecule has 2 heterocycles. The van der Waals surface area contributed by atoms with E-state index in [0.29, 0.717) is 36.6 Å².